The van der Waals surface area contributed by atoms with Gasteiger partial charge in [0, 0.05) is 25.7 Å². The standard InChI is InChI=1S/C16H22F3N3O/c1-22(15(23)11-16(17,18)19)9-5-8-13-10-14(21-20-13)12-6-3-2-4-7-12/h2-4,6-7,13-14,20-21H,5,8-11H2,1H3. The summed E-state index contributed by atoms with van der Waals surface area (Å²) in [7, 11) is 1.42. The van der Waals surface area contributed by atoms with Crippen LogP contribution in [0.15, 0.2) is 30.3 Å². The van der Waals surface area contributed by atoms with Gasteiger partial charge in [-0.1, -0.05) is 30.3 Å². The van der Waals surface area contributed by atoms with E-state index in [9.17, 15) is 18.0 Å². The summed E-state index contributed by atoms with van der Waals surface area (Å²) in [6, 6.07) is 10.6. The van der Waals surface area contributed by atoms with E-state index in [1.165, 1.54) is 12.6 Å². The molecule has 4 nitrogen and oxygen atoms in total. The van der Waals surface area contributed by atoms with Gasteiger partial charge in [0.15, 0.2) is 0 Å². The van der Waals surface area contributed by atoms with Crippen molar-refractivity contribution < 1.29 is 18.0 Å². The van der Waals surface area contributed by atoms with Gasteiger partial charge in [0.05, 0.1) is 0 Å². The smallest absolute Gasteiger partial charge is 0.345 e. The average molecular weight is 329 g/mol. The van der Waals surface area contributed by atoms with Crippen molar-refractivity contribution in [1.29, 1.82) is 0 Å². The summed E-state index contributed by atoms with van der Waals surface area (Å²) in [5.41, 5.74) is 7.66. The minimum atomic E-state index is -4.44. The van der Waals surface area contributed by atoms with Crippen molar-refractivity contribution in [3.63, 3.8) is 0 Å². The third-order valence-electron chi connectivity index (χ3n) is 4.01. The van der Waals surface area contributed by atoms with Crippen LogP contribution >= 0.6 is 0 Å². The van der Waals surface area contributed by atoms with Gasteiger partial charge >= 0.3 is 6.18 Å². The molecule has 1 amide bonds. The predicted molar refractivity (Wildman–Crippen MR) is 81.4 cm³/mol. The van der Waals surface area contributed by atoms with Crippen molar-refractivity contribution in [2.24, 2.45) is 0 Å². The second kappa shape index (κ2) is 7.79. The number of carbonyl (C=O) groups is 1. The van der Waals surface area contributed by atoms with Crippen molar-refractivity contribution in [2.75, 3.05) is 13.6 Å². The number of carbonyl (C=O) groups excluding carboxylic acids is 1. The molecule has 0 saturated carbocycles. The Morgan fingerprint density at radius 2 is 1.96 bits per heavy atom. The summed E-state index contributed by atoms with van der Waals surface area (Å²) in [5.74, 6) is -0.878. The lowest BCUT2D eigenvalue weighted by Crippen LogP contribution is -2.34. The largest absolute Gasteiger partial charge is 0.397 e. The first-order chi connectivity index (χ1) is 10.8. The number of hydrogen-bond acceptors (Lipinski definition) is 3. The molecule has 1 heterocycles. The molecule has 0 aliphatic carbocycles. The topological polar surface area (TPSA) is 44.4 Å². The maximum atomic E-state index is 12.2. The third kappa shape index (κ3) is 5.84. The van der Waals surface area contributed by atoms with Crippen LogP contribution in [0.5, 0.6) is 0 Å². The molecule has 2 N–H and O–H groups in total. The maximum Gasteiger partial charge on any atom is 0.397 e. The Kier molecular flexibility index (Phi) is 6.01. The fraction of sp³-hybridized carbons (Fsp3) is 0.562. The Morgan fingerprint density at radius 3 is 2.61 bits per heavy atom. The monoisotopic (exact) mass is 329 g/mol. The molecular formula is C16H22F3N3O. The molecule has 1 saturated heterocycles. The Hall–Kier alpha value is -1.60. The number of nitrogens with zero attached hydrogens (tertiary/aromatic N) is 1. The lowest BCUT2D eigenvalue weighted by Gasteiger charge is -2.19. The zero-order valence-corrected chi connectivity index (χ0v) is 13.1. The summed E-state index contributed by atoms with van der Waals surface area (Å²) >= 11 is 0. The van der Waals surface area contributed by atoms with Crippen LogP contribution in [0.4, 0.5) is 13.2 Å². The number of halogens is 3. The van der Waals surface area contributed by atoms with E-state index in [0.717, 1.165) is 17.7 Å². The fourth-order valence-electron chi connectivity index (χ4n) is 2.72. The first-order valence-electron chi connectivity index (χ1n) is 7.72. The SMILES string of the molecule is CN(CCCC1CC(c2ccccc2)NN1)C(=O)CC(F)(F)F. The number of amides is 1. The van der Waals surface area contributed by atoms with Crippen molar-refractivity contribution >= 4 is 5.91 Å². The molecule has 1 aromatic rings. The van der Waals surface area contributed by atoms with Gasteiger partial charge in [0.25, 0.3) is 0 Å². The lowest BCUT2D eigenvalue weighted by atomic mass is 10.00. The number of hydrazine groups is 1. The Bertz CT molecular complexity index is 507. The fourth-order valence-corrected chi connectivity index (χ4v) is 2.72. The lowest BCUT2D eigenvalue weighted by molar-refractivity contribution is -0.160. The van der Waals surface area contributed by atoms with Gasteiger partial charge in [-0.05, 0) is 24.8 Å². The molecule has 0 bridgehead atoms. The van der Waals surface area contributed by atoms with E-state index in [2.05, 4.69) is 23.0 Å². The number of nitrogens with one attached hydrogen (secondary N) is 2. The molecule has 128 valence electrons. The summed E-state index contributed by atoms with van der Waals surface area (Å²) < 4.78 is 36.5. The normalized spacial score (nSPS) is 21.4. The molecule has 0 radical (unpaired) electrons. The first-order valence-corrected chi connectivity index (χ1v) is 7.72. The number of rotatable bonds is 6. The molecule has 7 heteroatoms. The van der Waals surface area contributed by atoms with Gasteiger partial charge in [-0.25, -0.2) is 0 Å². The van der Waals surface area contributed by atoms with E-state index in [4.69, 9.17) is 0 Å². The summed E-state index contributed by atoms with van der Waals surface area (Å²) in [5, 5.41) is 0. The summed E-state index contributed by atoms with van der Waals surface area (Å²) in [6.07, 6.45) is -3.43. The highest BCUT2D eigenvalue weighted by Crippen LogP contribution is 2.24. The maximum absolute atomic E-state index is 12.2. The molecule has 1 aliphatic rings. The molecule has 0 aromatic heterocycles. The number of alkyl halides is 3. The van der Waals surface area contributed by atoms with Gasteiger partial charge < -0.3 is 4.90 Å². The van der Waals surface area contributed by atoms with E-state index in [1.54, 1.807) is 0 Å². The van der Waals surface area contributed by atoms with E-state index < -0.39 is 18.5 Å². The highest BCUT2D eigenvalue weighted by molar-refractivity contribution is 5.76. The van der Waals surface area contributed by atoms with E-state index in [0.29, 0.717) is 13.0 Å². The van der Waals surface area contributed by atoms with Crippen molar-refractivity contribution in [2.45, 2.75) is 43.9 Å². The van der Waals surface area contributed by atoms with Crippen LogP contribution in [0, 0.1) is 0 Å². The van der Waals surface area contributed by atoms with Gasteiger partial charge in [-0.15, -0.1) is 0 Å². The van der Waals surface area contributed by atoms with Crippen LogP contribution in [0.1, 0.15) is 37.3 Å². The minimum Gasteiger partial charge on any atom is -0.345 e. The van der Waals surface area contributed by atoms with E-state index in [1.807, 2.05) is 18.2 Å². The molecule has 2 unspecified atom stereocenters. The Balaban J connectivity index is 1.68. The third-order valence-corrected chi connectivity index (χ3v) is 4.01. The molecule has 23 heavy (non-hydrogen) atoms. The van der Waals surface area contributed by atoms with Crippen LogP contribution in [0.25, 0.3) is 0 Å². The number of benzene rings is 1. The predicted octanol–water partition coefficient (Wildman–Crippen LogP) is 2.79. The average Bonchev–Trinajstić information content (AvgIpc) is 2.95. The van der Waals surface area contributed by atoms with Gasteiger partial charge in [0.1, 0.15) is 6.42 Å². The highest BCUT2D eigenvalue weighted by atomic mass is 19.4. The number of hydrogen-bond donors (Lipinski definition) is 2. The zero-order chi connectivity index (χ0) is 16.9. The van der Waals surface area contributed by atoms with Crippen LogP contribution in [0.3, 0.4) is 0 Å². The van der Waals surface area contributed by atoms with E-state index >= 15 is 0 Å². The van der Waals surface area contributed by atoms with Crippen LogP contribution < -0.4 is 10.9 Å². The van der Waals surface area contributed by atoms with Crippen molar-refractivity contribution in [3.8, 4) is 0 Å². The van der Waals surface area contributed by atoms with Gasteiger partial charge in [-0.3, -0.25) is 15.6 Å². The quantitative estimate of drug-likeness (QED) is 0.843. The van der Waals surface area contributed by atoms with Gasteiger partial charge in [-0.2, -0.15) is 13.2 Å². The Morgan fingerprint density at radius 1 is 1.26 bits per heavy atom. The molecule has 1 fully saturated rings. The van der Waals surface area contributed by atoms with Crippen molar-refractivity contribution in [3.05, 3.63) is 35.9 Å². The minimum absolute atomic E-state index is 0.241. The molecule has 2 atom stereocenters. The van der Waals surface area contributed by atoms with Crippen LogP contribution in [-0.4, -0.2) is 36.6 Å². The van der Waals surface area contributed by atoms with Crippen LogP contribution in [0.2, 0.25) is 0 Å². The molecular weight excluding hydrogens is 307 g/mol. The van der Waals surface area contributed by atoms with Crippen LogP contribution in [-0.2, 0) is 4.79 Å². The van der Waals surface area contributed by atoms with E-state index in [-0.39, 0.29) is 12.1 Å². The second-order valence-corrected chi connectivity index (χ2v) is 5.93. The molecule has 1 aromatic carbocycles. The zero-order valence-electron chi connectivity index (χ0n) is 13.1. The first kappa shape index (κ1) is 17.7. The molecule has 0 spiro atoms. The molecule has 1 aliphatic heterocycles. The van der Waals surface area contributed by atoms with Gasteiger partial charge in [0.2, 0.25) is 5.91 Å². The summed E-state index contributed by atoms with van der Waals surface area (Å²) in [6.45, 7) is 0.336. The molecule has 2 rings (SSSR count). The Labute approximate surface area is 134 Å². The highest BCUT2D eigenvalue weighted by Gasteiger charge is 2.32. The second-order valence-electron chi connectivity index (χ2n) is 5.93. The van der Waals surface area contributed by atoms with Crippen molar-refractivity contribution in [1.82, 2.24) is 15.8 Å². The summed E-state index contributed by atoms with van der Waals surface area (Å²) in [4.78, 5) is 12.6.